The van der Waals surface area contributed by atoms with Gasteiger partial charge >= 0.3 is 5.97 Å². The van der Waals surface area contributed by atoms with Crippen LogP contribution in [0, 0.1) is 16.7 Å². The molecule has 2 aromatic rings. The molecule has 2 amide bonds. The van der Waals surface area contributed by atoms with Gasteiger partial charge in [0.1, 0.15) is 5.75 Å². The number of nitriles is 1. The fourth-order valence-electron chi connectivity index (χ4n) is 2.78. The van der Waals surface area contributed by atoms with Gasteiger partial charge in [0.25, 0.3) is 5.91 Å². The number of carbonyl (C=O) groups is 3. The van der Waals surface area contributed by atoms with Gasteiger partial charge in [-0.2, -0.15) is 5.26 Å². The maximum atomic E-state index is 12.8. The predicted molar refractivity (Wildman–Crippen MR) is 125 cm³/mol. The zero-order chi connectivity index (χ0) is 24.4. The van der Waals surface area contributed by atoms with Gasteiger partial charge in [0.2, 0.25) is 5.91 Å². The van der Waals surface area contributed by atoms with E-state index in [-0.39, 0.29) is 24.4 Å². The molecule has 0 aliphatic carbocycles. The summed E-state index contributed by atoms with van der Waals surface area (Å²) in [5.74, 6) is -0.674. The molecular weight excluding hydrogens is 422 g/mol. The molecule has 0 radical (unpaired) electrons. The molecule has 0 heterocycles. The molecule has 2 aromatic carbocycles. The van der Waals surface area contributed by atoms with Crippen LogP contribution in [-0.2, 0) is 14.3 Å². The summed E-state index contributed by atoms with van der Waals surface area (Å²) in [5, 5.41) is 11.7. The largest absolute Gasteiger partial charge is 0.494 e. The van der Waals surface area contributed by atoms with Gasteiger partial charge in [-0.1, -0.05) is 26.8 Å². The second kappa shape index (κ2) is 11.7. The van der Waals surface area contributed by atoms with Crippen LogP contribution in [0.2, 0.25) is 0 Å². The van der Waals surface area contributed by atoms with E-state index in [1.165, 1.54) is 11.0 Å². The molecule has 0 aromatic heterocycles. The molecule has 8 heteroatoms. The number of anilines is 2. The van der Waals surface area contributed by atoms with Crippen LogP contribution in [-0.4, -0.2) is 37.5 Å². The Hall–Kier alpha value is -3.86. The average molecular weight is 452 g/mol. The normalized spacial score (nSPS) is 10.6. The Morgan fingerprint density at radius 1 is 1.09 bits per heavy atom. The highest BCUT2D eigenvalue weighted by Gasteiger charge is 2.22. The third kappa shape index (κ3) is 7.65. The standard InChI is InChI=1S/C25H29N3O5/c1-5-32-21-12-10-20(11-13-21)28(15-7-14-26)22(29)17-33-23(30)18-8-6-9-19(16-18)27-24(31)25(2,3)4/h6,8-13,16H,5,7,15,17H2,1-4H3,(H,27,31). The van der Waals surface area contributed by atoms with Crippen LogP contribution >= 0.6 is 0 Å². The molecule has 33 heavy (non-hydrogen) atoms. The lowest BCUT2D eigenvalue weighted by Crippen LogP contribution is -2.35. The van der Waals surface area contributed by atoms with Crippen LogP contribution in [0.1, 0.15) is 44.5 Å². The second-order valence-corrected chi connectivity index (χ2v) is 8.24. The third-order valence-corrected chi connectivity index (χ3v) is 4.57. The van der Waals surface area contributed by atoms with Crippen molar-refractivity contribution in [3.63, 3.8) is 0 Å². The summed E-state index contributed by atoms with van der Waals surface area (Å²) in [4.78, 5) is 38.8. The monoisotopic (exact) mass is 451 g/mol. The lowest BCUT2D eigenvalue weighted by Gasteiger charge is -2.22. The molecule has 0 unspecified atom stereocenters. The van der Waals surface area contributed by atoms with Crippen molar-refractivity contribution in [2.75, 3.05) is 30.0 Å². The van der Waals surface area contributed by atoms with E-state index in [4.69, 9.17) is 14.7 Å². The molecule has 0 spiro atoms. The third-order valence-electron chi connectivity index (χ3n) is 4.57. The number of nitrogens with zero attached hydrogens (tertiary/aromatic N) is 2. The summed E-state index contributed by atoms with van der Waals surface area (Å²) in [6.45, 7) is 7.43. The minimum atomic E-state index is -0.692. The number of hydrogen-bond donors (Lipinski definition) is 1. The minimum Gasteiger partial charge on any atom is -0.494 e. The number of esters is 1. The molecule has 1 N–H and O–H groups in total. The van der Waals surface area contributed by atoms with E-state index in [0.717, 1.165) is 0 Å². The van der Waals surface area contributed by atoms with E-state index in [0.29, 0.717) is 23.7 Å². The summed E-state index contributed by atoms with van der Waals surface area (Å²) in [6, 6.07) is 15.2. The van der Waals surface area contributed by atoms with Crippen LogP contribution < -0.4 is 15.0 Å². The summed E-state index contributed by atoms with van der Waals surface area (Å²) in [5.41, 5.74) is 0.651. The van der Waals surface area contributed by atoms with Crippen molar-refractivity contribution in [3.8, 4) is 11.8 Å². The Labute approximate surface area is 194 Å². The lowest BCUT2D eigenvalue weighted by molar-refractivity contribution is -0.123. The smallest absolute Gasteiger partial charge is 0.338 e. The number of rotatable bonds is 9. The van der Waals surface area contributed by atoms with Gasteiger partial charge in [-0.3, -0.25) is 9.59 Å². The highest BCUT2D eigenvalue weighted by molar-refractivity contribution is 5.99. The van der Waals surface area contributed by atoms with E-state index in [2.05, 4.69) is 5.32 Å². The zero-order valence-electron chi connectivity index (χ0n) is 19.4. The van der Waals surface area contributed by atoms with E-state index in [1.807, 2.05) is 13.0 Å². The molecule has 0 saturated heterocycles. The van der Waals surface area contributed by atoms with Gasteiger partial charge in [0, 0.05) is 23.3 Å². The highest BCUT2D eigenvalue weighted by Crippen LogP contribution is 2.21. The van der Waals surface area contributed by atoms with Crippen molar-refractivity contribution in [3.05, 3.63) is 54.1 Å². The van der Waals surface area contributed by atoms with Gasteiger partial charge in [0.05, 0.1) is 24.7 Å². The van der Waals surface area contributed by atoms with Gasteiger partial charge in [0.15, 0.2) is 6.61 Å². The van der Waals surface area contributed by atoms with Crippen LogP contribution in [0.3, 0.4) is 0 Å². The van der Waals surface area contributed by atoms with Crippen molar-refractivity contribution in [2.24, 2.45) is 5.41 Å². The molecule has 0 aliphatic heterocycles. The average Bonchev–Trinajstić information content (AvgIpc) is 2.78. The van der Waals surface area contributed by atoms with Crippen molar-refractivity contribution in [1.29, 1.82) is 5.26 Å². The van der Waals surface area contributed by atoms with Gasteiger partial charge < -0.3 is 19.7 Å². The van der Waals surface area contributed by atoms with Crippen molar-refractivity contribution >= 4 is 29.2 Å². The quantitative estimate of drug-likeness (QED) is 0.573. The Balaban J connectivity index is 2.06. The SMILES string of the molecule is CCOc1ccc(N(CCC#N)C(=O)COC(=O)c2cccc(NC(=O)C(C)(C)C)c2)cc1. The van der Waals surface area contributed by atoms with Crippen LogP contribution in [0.4, 0.5) is 11.4 Å². The maximum Gasteiger partial charge on any atom is 0.338 e. The molecule has 8 nitrogen and oxygen atoms in total. The van der Waals surface area contributed by atoms with Crippen molar-refractivity contribution in [1.82, 2.24) is 0 Å². The number of carbonyl (C=O) groups excluding carboxylic acids is 3. The molecule has 0 aliphatic rings. The predicted octanol–water partition coefficient (Wildman–Crippen LogP) is 4.17. The molecule has 174 valence electrons. The van der Waals surface area contributed by atoms with Crippen LogP contribution in [0.5, 0.6) is 5.75 Å². The molecule has 0 saturated carbocycles. The first-order chi connectivity index (χ1) is 15.7. The number of benzene rings is 2. The highest BCUT2D eigenvalue weighted by atomic mass is 16.5. The number of ether oxygens (including phenoxy) is 2. The van der Waals surface area contributed by atoms with E-state index in [1.54, 1.807) is 63.2 Å². The van der Waals surface area contributed by atoms with Gasteiger partial charge in [-0.15, -0.1) is 0 Å². The summed E-state index contributed by atoms with van der Waals surface area (Å²) >= 11 is 0. The zero-order valence-corrected chi connectivity index (χ0v) is 19.4. The Morgan fingerprint density at radius 2 is 1.79 bits per heavy atom. The second-order valence-electron chi connectivity index (χ2n) is 8.24. The maximum absolute atomic E-state index is 12.8. The van der Waals surface area contributed by atoms with Crippen molar-refractivity contribution in [2.45, 2.75) is 34.1 Å². The Kier molecular flexibility index (Phi) is 8.98. The number of hydrogen-bond acceptors (Lipinski definition) is 6. The summed E-state index contributed by atoms with van der Waals surface area (Å²) < 4.78 is 10.6. The molecule has 0 atom stereocenters. The van der Waals surface area contributed by atoms with Crippen LogP contribution in [0.15, 0.2) is 48.5 Å². The minimum absolute atomic E-state index is 0.127. The fourth-order valence-corrected chi connectivity index (χ4v) is 2.78. The van der Waals surface area contributed by atoms with Crippen LogP contribution in [0.25, 0.3) is 0 Å². The molecular formula is C25H29N3O5. The molecule has 0 fully saturated rings. The molecule has 2 rings (SSSR count). The number of amides is 2. The lowest BCUT2D eigenvalue weighted by atomic mass is 9.95. The number of nitrogens with one attached hydrogen (secondary N) is 1. The van der Waals surface area contributed by atoms with Crippen molar-refractivity contribution < 1.29 is 23.9 Å². The van der Waals surface area contributed by atoms with E-state index in [9.17, 15) is 14.4 Å². The van der Waals surface area contributed by atoms with Gasteiger partial charge in [-0.25, -0.2) is 4.79 Å². The molecule has 0 bridgehead atoms. The fraction of sp³-hybridized carbons (Fsp3) is 0.360. The Bertz CT molecular complexity index is 1020. The Morgan fingerprint density at radius 3 is 2.39 bits per heavy atom. The topological polar surface area (TPSA) is 109 Å². The van der Waals surface area contributed by atoms with Gasteiger partial charge in [-0.05, 0) is 49.4 Å². The first-order valence-electron chi connectivity index (χ1n) is 10.6. The van der Waals surface area contributed by atoms with E-state index < -0.39 is 23.9 Å². The summed E-state index contributed by atoms with van der Waals surface area (Å²) in [6.07, 6.45) is 0.127. The van der Waals surface area contributed by atoms with E-state index >= 15 is 0 Å². The summed E-state index contributed by atoms with van der Waals surface area (Å²) in [7, 11) is 0. The first-order valence-corrected chi connectivity index (χ1v) is 10.6. The first kappa shape index (κ1) is 25.4.